The van der Waals surface area contributed by atoms with Crippen LogP contribution in [0, 0.1) is 28.6 Å². The second kappa shape index (κ2) is 5.87. The van der Waals surface area contributed by atoms with Crippen molar-refractivity contribution in [3.63, 3.8) is 0 Å². The highest BCUT2D eigenvalue weighted by Crippen LogP contribution is 2.56. The molecule has 3 aliphatic carbocycles. The van der Waals surface area contributed by atoms with E-state index < -0.39 is 0 Å². The molecule has 5 unspecified atom stereocenters. The van der Waals surface area contributed by atoms with Gasteiger partial charge in [-0.05, 0) is 73.5 Å². The van der Waals surface area contributed by atoms with E-state index >= 15 is 0 Å². The molecule has 3 aliphatic rings. The minimum Gasteiger partial charge on any atom is -0.327 e. The van der Waals surface area contributed by atoms with Crippen LogP contribution in [0.2, 0.25) is 0 Å². The zero-order valence-corrected chi connectivity index (χ0v) is 14.7. The van der Waals surface area contributed by atoms with Crippen molar-refractivity contribution in [2.75, 3.05) is 0 Å². The van der Waals surface area contributed by atoms with Gasteiger partial charge >= 0.3 is 0 Å². The summed E-state index contributed by atoms with van der Waals surface area (Å²) in [6.07, 6.45) is 15.8. The summed E-state index contributed by atoms with van der Waals surface area (Å²) >= 11 is 0. The van der Waals surface area contributed by atoms with Crippen LogP contribution in [0.15, 0.2) is 0 Å². The molecule has 0 bridgehead atoms. The Morgan fingerprint density at radius 3 is 2.24 bits per heavy atom. The number of hydrogen-bond acceptors (Lipinski definition) is 1. The summed E-state index contributed by atoms with van der Waals surface area (Å²) < 4.78 is 0. The predicted octanol–water partition coefficient (Wildman–Crippen LogP) is 5.53. The van der Waals surface area contributed by atoms with Gasteiger partial charge in [-0.3, -0.25) is 0 Å². The van der Waals surface area contributed by atoms with Crippen molar-refractivity contribution in [2.45, 2.75) is 97.4 Å². The molecule has 5 atom stereocenters. The van der Waals surface area contributed by atoms with Gasteiger partial charge < -0.3 is 5.73 Å². The molecule has 0 aliphatic heterocycles. The Hall–Kier alpha value is -0.0400. The molecule has 3 rings (SSSR count). The molecule has 2 N–H and O–H groups in total. The largest absolute Gasteiger partial charge is 0.327 e. The fraction of sp³-hybridized carbons (Fsp3) is 1.00. The van der Waals surface area contributed by atoms with Crippen LogP contribution in [-0.4, -0.2) is 6.04 Å². The summed E-state index contributed by atoms with van der Waals surface area (Å²) in [7, 11) is 0. The highest BCUT2D eigenvalue weighted by Gasteiger charge is 2.45. The van der Waals surface area contributed by atoms with Crippen LogP contribution in [-0.2, 0) is 0 Å². The fourth-order valence-corrected chi connectivity index (χ4v) is 6.45. The first-order valence-electron chi connectivity index (χ1n) is 9.68. The number of fused-ring (bicyclic) bond motifs is 1. The number of nitrogens with two attached hydrogens (primary N) is 1. The molecule has 1 heteroatoms. The van der Waals surface area contributed by atoms with Gasteiger partial charge in [-0.25, -0.2) is 0 Å². The second-order valence-corrected chi connectivity index (χ2v) is 9.53. The van der Waals surface area contributed by atoms with E-state index in [0.717, 1.165) is 17.8 Å². The predicted molar refractivity (Wildman–Crippen MR) is 91.1 cm³/mol. The summed E-state index contributed by atoms with van der Waals surface area (Å²) in [5, 5.41) is 0. The van der Waals surface area contributed by atoms with Crippen molar-refractivity contribution >= 4 is 0 Å². The van der Waals surface area contributed by atoms with E-state index in [4.69, 9.17) is 5.73 Å². The molecule has 122 valence electrons. The Balaban J connectivity index is 1.61. The lowest BCUT2D eigenvalue weighted by Gasteiger charge is -2.46. The van der Waals surface area contributed by atoms with E-state index in [1.54, 1.807) is 0 Å². The molecule has 0 heterocycles. The zero-order valence-electron chi connectivity index (χ0n) is 14.7. The minimum atomic E-state index is 0.465. The average molecular weight is 292 g/mol. The van der Waals surface area contributed by atoms with Gasteiger partial charge in [0.15, 0.2) is 0 Å². The molecule has 0 radical (unpaired) electrons. The van der Waals surface area contributed by atoms with Gasteiger partial charge in [-0.2, -0.15) is 0 Å². The van der Waals surface area contributed by atoms with Gasteiger partial charge in [0, 0.05) is 6.04 Å². The Morgan fingerprint density at radius 1 is 0.857 bits per heavy atom. The van der Waals surface area contributed by atoms with Crippen molar-refractivity contribution in [3.05, 3.63) is 0 Å². The van der Waals surface area contributed by atoms with Gasteiger partial charge in [0.05, 0.1) is 0 Å². The highest BCUT2D eigenvalue weighted by molar-refractivity contribution is 4.96. The van der Waals surface area contributed by atoms with Crippen molar-refractivity contribution in [1.82, 2.24) is 0 Å². The van der Waals surface area contributed by atoms with Crippen LogP contribution in [0.1, 0.15) is 91.4 Å². The first-order chi connectivity index (χ1) is 9.92. The Morgan fingerprint density at radius 2 is 1.52 bits per heavy atom. The Kier molecular flexibility index (Phi) is 4.43. The lowest BCUT2D eigenvalue weighted by Crippen LogP contribution is -2.44. The molecule has 1 nitrogen and oxygen atoms in total. The van der Waals surface area contributed by atoms with Crippen LogP contribution in [0.4, 0.5) is 0 Å². The third-order valence-corrected chi connectivity index (χ3v) is 7.78. The van der Waals surface area contributed by atoms with Crippen LogP contribution in [0.3, 0.4) is 0 Å². The van der Waals surface area contributed by atoms with Gasteiger partial charge in [0.1, 0.15) is 0 Å². The Bertz CT molecular complexity index is 361. The van der Waals surface area contributed by atoms with Crippen molar-refractivity contribution in [2.24, 2.45) is 34.3 Å². The van der Waals surface area contributed by atoms with Gasteiger partial charge in [-0.15, -0.1) is 0 Å². The normalized spacial score (nSPS) is 46.3. The summed E-state index contributed by atoms with van der Waals surface area (Å²) in [5.74, 6) is 2.81. The molecular weight excluding hydrogens is 254 g/mol. The number of hydrogen-bond donors (Lipinski definition) is 1. The topological polar surface area (TPSA) is 26.0 Å². The molecule has 21 heavy (non-hydrogen) atoms. The van der Waals surface area contributed by atoms with E-state index in [1.807, 2.05) is 0 Å². The molecule has 3 fully saturated rings. The lowest BCUT2D eigenvalue weighted by atomic mass is 9.60. The van der Waals surface area contributed by atoms with Gasteiger partial charge in [0.2, 0.25) is 0 Å². The quantitative estimate of drug-likeness (QED) is 0.727. The van der Waals surface area contributed by atoms with E-state index in [2.05, 4.69) is 20.8 Å². The van der Waals surface area contributed by atoms with Crippen LogP contribution >= 0.6 is 0 Å². The summed E-state index contributed by atoms with van der Waals surface area (Å²) in [5.41, 5.74) is 7.68. The third-order valence-electron chi connectivity index (χ3n) is 7.78. The first kappa shape index (κ1) is 15.8. The van der Waals surface area contributed by atoms with Crippen LogP contribution < -0.4 is 5.73 Å². The summed E-state index contributed by atoms with van der Waals surface area (Å²) in [6, 6.07) is 0.465. The van der Waals surface area contributed by atoms with Crippen LogP contribution in [0.5, 0.6) is 0 Å². The van der Waals surface area contributed by atoms with Crippen molar-refractivity contribution in [3.8, 4) is 0 Å². The zero-order chi connectivity index (χ0) is 15.1. The SMILES string of the molecule is CC1(C)CCCC(N)C1CCC1CCCC2(C)CCCC12. The lowest BCUT2D eigenvalue weighted by molar-refractivity contribution is 0.0573. The second-order valence-electron chi connectivity index (χ2n) is 9.53. The summed E-state index contributed by atoms with van der Waals surface area (Å²) in [4.78, 5) is 0. The molecule has 3 saturated carbocycles. The molecule has 0 amide bonds. The maximum absolute atomic E-state index is 6.50. The van der Waals surface area contributed by atoms with Crippen LogP contribution in [0.25, 0.3) is 0 Å². The van der Waals surface area contributed by atoms with E-state index in [-0.39, 0.29) is 0 Å². The average Bonchev–Trinajstić information content (AvgIpc) is 2.79. The third kappa shape index (κ3) is 3.05. The molecule has 0 aromatic rings. The van der Waals surface area contributed by atoms with Crippen molar-refractivity contribution < 1.29 is 0 Å². The maximum atomic E-state index is 6.50. The van der Waals surface area contributed by atoms with E-state index in [1.165, 1.54) is 70.6 Å². The van der Waals surface area contributed by atoms with Gasteiger partial charge in [0.25, 0.3) is 0 Å². The van der Waals surface area contributed by atoms with E-state index in [0.29, 0.717) is 16.9 Å². The smallest absolute Gasteiger partial charge is 0.00722 e. The highest BCUT2D eigenvalue weighted by atomic mass is 14.7. The molecule has 0 saturated heterocycles. The van der Waals surface area contributed by atoms with Crippen molar-refractivity contribution in [1.29, 1.82) is 0 Å². The monoisotopic (exact) mass is 291 g/mol. The summed E-state index contributed by atoms with van der Waals surface area (Å²) in [6.45, 7) is 7.53. The Labute approximate surface area is 132 Å². The maximum Gasteiger partial charge on any atom is 0.00722 e. The molecular formula is C20H37N. The van der Waals surface area contributed by atoms with Gasteiger partial charge in [-0.1, -0.05) is 46.5 Å². The molecule has 0 aromatic heterocycles. The standard InChI is InChI=1S/C20H37N/c1-19(2)12-6-9-18(21)17(19)11-10-15-7-4-13-20(3)14-5-8-16(15)20/h15-18H,4-14,21H2,1-3H3. The number of rotatable bonds is 3. The molecule has 0 spiro atoms. The fourth-order valence-electron chi connectivity index (χ4n) is 6.45. The van der Waals surface area contributed by atoms with E-state index in [9.17, 15) is 0 Å². The molecule has 0 aromatic carbocycles. The first-order valence-corrected chi connectivity index (χ1v) is 9.68. The minimum absolute atomic E-state index is 0.465.